The van der Waals surface area contributed by atoms with E-state index >= 15 is 0 Å². The molecule has 3 heterocycles. The van der Waals surface area contributed by atoms with Crippen molar-refractivity contribution in [3.05, 3.63) is 35.9 Å². The third-order valence-corrected chi connectivity index (χ3v) is 3.85. The minimum absolute atomic E-state index is 0.0336. The van der Waals surface area contributed by atoms with Crippen LogP contribution in [-0.4, -0.2) is 27.6 Å². The van der Waals surface area contributed by atoms with E-state index < -0.39 is 6.29 Å². The fourth-order valence-electron chi connectivity index (χ4n) is 2.82. The zero-order valence-corrected chi connectivity index (χ0v) is 13.7. The summed E-state index contributed by atoms with van der Waals surface area (Å²) in [6.45, 7) is 3.91. The molecule has 2 atom stereocenters. The van der Waals surface area contributed by atoms with Crippen LogP contribution >= 0.6 is 0 Å². The number of rotatable bonds is 5. The number of carbonyl (C=O) groups is 2. The first-order valence-corrected chi connectivity index (χ1v) is 8.03. The first-order valence-electron chi connectivity index (χ1n) is 8.03. The lowest BCUT2D eigenvalue weighted by Gasteiger charge is -2.32. The molecule has 1 aliphatic rings. The van der Waals surface area contributed by atoms with Gasteiger partial charge >= 0.3 is 0 Å². The maximum Gasteiger partial charge on any atom is 0.292 e. The van der Waals surface area contributed by atoms with E-state index in [-0.39, 0.29) is 23.6 Å². The Morgan fingerprint density at radius 2 is 2.38 bits per heavy atom. The first kappa shape index (κ1) is 16.3. The third-order valence-electron chi connectivity index (χ3n) is 3.85. The molecule has 1 fully saturated rings. The Kier molecular flexibility index (Phi) is 4.66. The van der Waals surface area contributed by atoms with Gasteiger partial charge in [-0.1, -0.05) is 13.3 Å². The fraction of sp³-hybridized carbons (Fsp3) is 0.438. The van der Waals surface area contributed by atoms with Crippen LogP contribution in [0.15, 0.2) is 28.9 Å². The quantitative estimate of drug-likeness (QED) is 0.775. The van der Waals surface area contributed by atoms with Crippen LogP contribution < -0.4 is 16.0 Å². The zero-order valence-electron chi connectivity index (χ0n) is 13.7. The minimum atomic E-state index is -0.497. The monoisotopic (exact) mass is 331 g/mol. The lowest BCUT2D eigenvalue weighted by Crippen LogP contribution is -2.53. The van der Waals surface area contributed by atoms with Crippen LogP contribution in [0.2, 0.25) is 0 Å². The van der Waals surface area contributed by atoms with Crippen LogP contribution in [0.25, 0.3) is 0 Å². The van der Waals surface area contributed by atoms with Gasteiger partial charge in [0.05, 0.1) is 12.0 Å². The Morgan fingerprint density at radius 1 is 1.54 bits per heavy atom. The van der Waals surface area contributed by atoms with E-state index in [0.29, 0.717) is 12.2 Å². The Balaban J connectivity index is 1.80. The van der Waals surface area contributed by atoms with Crippen molar-refractivity contribution in [2.24, 2.45) is 0 Å². The standard InChI is InChI=1S/C16H21N5O3/c1-3-5-11-9-14(22)19-16(17-11)21-13(8-10(2)20-21)18-15(23)12-6-4-7-24-12/h4,6-8,11,16-17H,3,5,9H2,1-2H3,(H,18,23)(H,19,22). The zero-order chi connectivity index (χ0) is 17.1. The average Bonchev–Trinajstić information content (AvgIpc) is 3.17. The lowest BCUT2D eigenvalue weighted by molar-refractivity contribution is -0.125. The number of carbonyl (C=O) groups excluding carboxylic acids is 2. The molecular formula is C16H21N5O3. The molecule has 8 heteroatoms. The summed E-state index contributed by atoms with van der Waals surface area (Å²) >= 11 is 0. The highest BCUT2D eigenvalue weighted by Crippen LogP contribution is 2.19. The predicted molar refractivity (Wildman–Crippen MR) is 87.3 cm³/mol. The summed E-state index contributed by atoms with van der Waals surface area (Å²) < 4.78 is 6.68. The molecule has 0 aromatic carbocycles. The minimum Gasteiger partial charge on any atom is -0.459 e. The van der Waals surface area contributed by atoms with Crippen molar-refractivity contribution in [3.63, 3.8) is 0 Å². The normalized spacial score (nSPS) is 20.7. The smallest absolute Gasteiger partial charge is 0.292 e. The second kappa shape index (κ2) is 6.88. The molecule has 128 valence electrons. The van der Waals surface area contributed by atoms with Gasteiger partial charge < -0.3 is 15.1 Å². The molecule has 8 nitrogen and oxygen atoms in total. The molecule has 0 aliphatic carbocycles. The average molecular weight is 331 g/mol. The fourth-order valence-corrected chi connectivity index (χ4v) is 2.82. The van der Waals surface area contributed by atoms with E-state index in [1.54, 1.807) is 22.9 Å². The largest absolute Gasteiger partial charge is 0.459 e. The van der Waals surface area contributed by atoms with Gasteiger partial charge in [-0.2, -0.15) is 5.10 Å². The Bertz CT molecular complexity index is 722. The third kappa shape index (κ3) is 3.48. The van der Waals surface area contributed by atoms with Gasteiger partial charge in [-0.25, -0.2) is 4.68 Å². The number of aromatic nitrogens is 2. The van der Waals surface area contributed by atoms with Gasteiger partial charge in [-0.3, -0.25) is 14.9 Å². The van der Waals surface area contributed by atoms with Crippen LogP contribution in [0.4, 0.5) is 5.82 Å². The number of amides is 2. The molecular weight excluding hydrogens is 310 g/mol. The highest BCUT2D eigenvalue weighted by atomic mass is 16.3. The maximum atomic E-state index is 12.2. The molecule has 0 bridgehead atoms. The Hall–Kier alpha value is -2.61. The van der Waals surface area contributed by atoms with Gasteiger partial charge in [-0.05, 0) is 25.5 Å². The molecule has 0 saturated carbocycles. The first-order chi connectivity index (χ1) is 11.6. The van der Waals surface area contributed by atoms with Gasteiger partial charge in [0.25, 0.3) is 5.91 Å². The summed E-state index contributed by atoms with van der Waals surface area (Å²) in [5, 5.41) is 13.4. The van der Waals surface area contributed by atoms with Gasteiger partial charge in [0, 0.05) is 18.5 Å². The van der Waals surface area contributed by atoms with Crippen molar-refractivity contribution in [2.75, 3.05) is 5.32 Å². The van der Waals surface area contributed by atoms with Crippen molar-refractivity contribution in [1.82, 2.24) is 20.4 Å². The van der Waals surface area contributed by atoms with Crippen molar-refractivity contribution in [2.45, 2.75) is 45.4 Å². The van der Waals surface area contributed by atoms with Crippen molar-refractivity contribution in [3.8, 4) is 0 Å². The van der Waals surface area contributed by atoms with Crippen molar-refractivity contribution < 1.29 is 14.0 Å². The summed E-state index contributed by atoms with van der Waals surface area (Å²) in [6.07, 6.45) is 3.27. The number of nitrogens with zero attached hydrogens (tertiary/aromatic N) is 2. The summed E-state index contributed by atoms with van der Waals surface area (Å²) in [5.74, 6) is 0.302. The van der Waals surface area contributed by atoms with Gasteiger partial charge in [-0.15, -0.1) is 0 Å². The highest BCUT2D eigenvalue weighted by Gasteiger charge is 2.28. The predicted octanol–water partition coefficient (Wildman–Crippen LogP) is 1.77. The van der Waals surface area contributed by atoms with Crippen LogP contribution in [0.3, 0.4) is 0 Å². The maximum absolute atomic E-state index is 12.2. The van der Waals surface area contributed by atoms with E-state index in [9.17, 15) is 9.59 Å². The van der Waals surface area contributed by atoms with E-state index in [2.05, 4.69) is 28.0 Å². The number of hydrogen-bond donors (Lipinski definition) is 3. The van der Waals surface area contributed by atoms with Crippen molar-refractivity contribution in [1.29, 1.82) is 0 Å². The van der Waals surface area contributed by atoms with Crippen LogP contribution in [0, 0.1) is 6.92 Å². The summed E-state index contributed by atoms with van der Waals surface area (Å²) in [5.41, 5.74) is 0.735. The number of anilines is 1. The molecule has 0 radical (unpaired) electrons. The molecule has 3 rings (SSSR count). The second-order valence-corrected chi connectivity index (χ2v) is 5.87. The van der Waals surface area contributed by atoms with Gasteiger partial charge in [0.2, 0.25) is 5.91 Å². The molecule has 2 unspecified atom stereocenters. The van der Waals surface area contributed by atoms with Gasteiger partial charge in [0.1, 0.15) is 5.82 Å². The molecule has 1 aliphatic heterocycles. The lowest BCUT2D eigenvalue weighted by atomic mass is 10.1. The Morgan fingerprint density at radius 3 is 3.08 bits per heavy atom. The van der Waals surface area contributed by atoms with E-state index in [4.69, 9.17) is 4.42 Å². The van der Waals surface area contributed by atoms with E-state index in [0.717, 1.165) is 18.5 Å². The van der Waals surface area contributed by atoms with E-state index in [1.807, 2.05) is 6.92 Å². The molecule has 0 spiro atoms. The summed E-state index contributed by atoms with van der Waals surface area (Å²) in [7, 11) is 0. The SMILES string of the molecule is CCCC1CC(=O)NC(n2nc(C)cc2NC(=O)c2ccco2)N1. The summed E-state index contributed by atoms with van der Waals surface area (Å²) in [6, 6.07) is 5.07. The number of nitrogens with one attached hydrogen (secondary N) is 3. The number of hydrogen-bond acceptors (Lipinski definition) is 5. The molecule has 2 aromatic heterocycles. The molecule has 24 heavy (non-hydrogen) atoms. The van der Waals surface area contributed by atoms with Crippen LogP contribution in [-0.2, 0) is 4.79 Å². The van der Waals surface area contributed by atoms with Gasteiger partial charge in [0.15, 0.2) is 12.0 Å². The molecule has 2 amide bonds. The number of furan rings is 1. The van der Waals surface area contributed by atoms with Crippen LogP contribution in [0.5, 0.6) is 0 Å². The van der Waals surface area contributed by atoms with Crippen LogP contribution in [0.1, 0.15) is 48.7 Å². The number of aryl methyl sites for hydroxylation is 1. The Labute approximate surface area is 139 Å². The summed E-state index contributed by atoms with van der Waals surface area (Å²) in [4.78, 5) is 24.2. The molecule has 1 saturated heterocycles. The highest BCUT2D eigenvalue weighted by molar-refractivity contribution is 6.01. The topological polar surface area (TPSA) is 101 Å². The molecule has 3 N–H and O–H groups in total. The molecule has 2 aromatic rings. The van der Waals surface area contributed by atoms with E-state index in [1.165, 1.54) is 6.26 Å². The second-order valence-electron chi connectivity index (χ2n) is 5.87. The van der Waals surface area contributed by atoms with Crippen molar-refractivity contribution >= 4 is 17.6 Å².